The van der Waals surface area contributed by atoms with Crippen molar-refractivity contribution in [1.29, 1.82) is 0 Å². The van der Waals surface area contributed by atoms with Crippen LogP contribution in [-0.4, -0.2) is 48.8 Å². The summed E-state index contributed by atoms with van der Waals surface area (Å²) in [6.07, 6.45) is 1.64. The molecule has 0 atom stereocenters. The lowest BCUT2D eigenvalue weighted by atomic mass is 10.1. The standard InChI is InChI=1S/C20H18F3N3O2S/c21-16-3-4-19(18(23)12-16)29(27,28)26-8-6-25(7-9-26)13-15-11-17(22)10-14-2-1-5-24-20(14)15/h1-5,10-12H,6-9,13H2. The molecule has 0 spiro atoms. The van der Waals surface area contributed by atoms with E-state index in [4.69, 9.17) is 0 Å². The van der Waals surface area contributed by atoms with E-state index >= 15 is 0 Å². The summed E-state index contributed by atoms with van der Waals surface area (Å²) in [6, 6.07) is 8.82. The zero-order valence-electron chi connectivity index (χ0n) is 15.4. The fourth-order valence-corrected chi connectivity index (χ4v) is 5.01. The van der Waals surface area contributed by atoms with Crippen LogP contribution >= 0.6 is 0 Å². The highest BCUT2D eigenvalue weighted by Crippen LogP contribution is 2.24. The van der Waals surface area contributed by atoms with E-state index in [1.54, 1.807) is 18.3 Å². The molecule has 29 heavy (non-hydrogen) atoms. The number of rotatable bonds is 4. The van der Waals surface area contributed by atoms with Crippen molar-refractivity contribution < 1.29 is 21.6 Å². The Balaban J connectivity index is 1.49. The lowest BCUT2D eigenvalue weighted by molar-refractivity contribution is 0.181. The first-order valence-electron chi connectivity index (χ1n) is 9.05. The molecule has 1 fully saturated rings. The van der Waals surface area contributed by atoms with E-state index < -0.39 is 26.6 Å². The molecule has 9 heteroatoms. The van der Waals surface area contributed by atoms with Crippen LogP contribution in [0.2, 0.25) is 0 Å². The number of piperazine rings is 1. The van der Waals surface area contributed by atoms with Crippen molar-refractivity contribution in [3.8, 4) is 0 Å². The first kappa shape index (κ1) is 19.8. The third kappa shape index (κ3) is 3.98. The van der Waals surface area contributed by atoms with Gasteiger partial charge in [0.15, 0.2) is 0 Å². The second kappa shape index (κ2) is 7.74. The number of pyridine rings is 1. The summed E-state index contributed by atoms with van der Waals surface area (Å²) in [6.45, 7) is 1.52. The monoisotopic (exact) mass is 421 g/mol. The van der Waals surface area contributed by atoms with Crippen molar-refractivity contribution in [3.63, 3.8) is 0 Å². The number of nitrogens with zero attached hydrogens (tertiary/aromatic N) is 3. The molecule has 5 nitrogen and oxygen atoms in total. The first-order chi connectivity index (χ1) is 13.8. The summed E-state index contributed by atoms with van der Waals surface area (Å²) in [5.41, 5.74) is 1.43. The predicted octanol–water partition coefficient (Wildman–Crippen LogP) is 3.16. The van der Waals surface area contributed by atoms with Crippen molar-refractivity contribution in [1.82, 2.24) is 14.2 Å². The van der Waals surface area contributed by atoms with E-state index in [1.807, 2.05) is 4.90 Å². The molecule has 0 saturated carbocycles. The van der Waals surface area contributed by atoms with Crippen LogP contribution in [0, 0.1) is 17.5 Å². The summed E-state index contributed by atoms with van der Waals surface area (Å²) in [7, 11) is -4.05. The SMILES string of the molecule is O=S(=O)(c1ccc(F)cc1F)N1CCN(Cc2cc(F)cc3cccnc23)CC1. The van der Waals surface area contributed by atoms with Crippen molar-refractivity contribution >= 4 is 20.9 Å². The van der Waals surface area contributed by atoms with E-state index in [9.17, 15) is 21.6 Å². The second-order valence-electron chi connectivity index (χ2n) is 6.90. The summed E-state index contributed by atoms with van der Waals surface area (Å²) in [5, 5.41) is 0.704. The van der Waals surface area contributed by atoms with Crippen LogP contribution in [0.3, 0.4) is 0 Å². The van der Waals surface area contributed by atoms with Gasteiger partial charge < -0.3 is 0 Å². The molecule has 0 amide bonds. The maximum Gasteiger partial charge on any atom is 0.246 e. The Morgan fingerprint density at radius 2 is 1.69 bits per heavy atom. The first-order valence-corrected chi connectivity index (χ1v) is 10.5. The molecule has 4 rings (SSSR count). The molecule has 3 aromatic rings. The molecule has 152 valence electrons. The fraction of sp³-hybridized carbons (Fsp3) is 0.250. The Hall–Kier alpha value is -2.49. The fourth-order valence-electron chi connectivity index (χ4n) is 3.54. The molecule has 1 aliphatic rings. The zero-order valence-corrected chi connectivity index (χ0v) is 16.2. The largest absolute Gasteiger partial charge is 0.296 e. The van der Waals surface area contributed by atoms with Gasteiger partial charge in [-0.15, -0.1) is 0 Å². The average molecular weight is 421 g/mol. The zero-order chi connectivity index (χ0) is 20.6. The maximum absolute atomic E-state index is 14.0. The van der Waals surface area contributed by atoms with Crippen LogP contribution < -0.4 is 0 Å². The Morgan fingerprint density at radius 1 is 0.931 bits per heavy atom. The average Bonchev–Trinajstić information content (AvgIpc) is 2.68. The van der Waals surface area contributed by atoms with Crippen LogP contribution in [0.15, 0.2) is 53.6 Å². The summed E-state index contributed by atoms with van der Waals surface area (Å²) < 4.78 is 67.5. The Morgan fingerprint density at radius 3 is 2.41 bits per heavy atom. The van der Waals surface area contributed by atoms with Crippen molar-refractivity contribution in [2.24, 2.45) is 0 Å². The smallest absolute Gasteiger partial charge is 0.246 e. The molecule has 1 aliphatic heterocycles. The van der Waals surface area contributed by atoms with E-state index in [2.05, 4.69) is 4.98 Å². The summed E-state index contributed by atoms with van der Waals surface area (Å²) in [4.78, 5) is 5.79. The van der Waals surface area contributed by atoms with Gasteiger partial charge in [-0.1, -0.05) is 6.07 Å². The highest BCUT2D eigenvalue weighted by atomic mass is 32.2. The van der Waals surface area contributed by atoms with Gasteiger partial charge in [0.2, 0.25) is 10.0 Å². The van der Waals surface area contributed by atoms with Crippen LogP contribution in [0.4, 0.5) is 13.2 Å². The van der Waals surface area contributed by atoms with Gasteiger partial charge in [-0.3, -0.25) is 9.88 Å². The predicted molar refractivity (Wildman–Crippen MR) is 102 cm³/mol. The van der Waals surface area contributed by atoms with Crippen molar-refractivity contribution in [3.05, 3.63) is 71.7 Å². The van der Waals surface area contributed by atoms with E-state index in [-0.39, 0.29) is 18.9 Å². The van der Waals surface area contributed by atoms with E-state index in [0.29, 0.717) is 36.6 Å². The highest BCUT2D eigenvalue weighted by molar-refractivity contribution is 7.89. The van der Waals surface area contributed by atoms with Gasteiger partial charge in [0.05, 0.1) is 5.52 Å². The van der Waals surface area contributed by atoms with E-state index in [0.717, 1.165) is 17.7 Å². The number of aromatic nitrogens is 1. The molecular formula is C20H18F3N3O2S. The van der Waals surface area contributed by atoms with Crippen LogP contribution in [0.25, 0.3) is 10.9 Å². The van der Waals surface area contributed by atoms with Crippen LogP contribution in [0.5, 0.6) is 0 Å². The lowest BCUT2D eigenvalue weighted by Crippen LogP contribution is -2.48. The Bertz CT molecular complexity index is 1160. The molecule has 0 radical (unpaired) electrons. The number of hydrogen-bond acceptors (Lipinski definition) is 4. The van der Waals surface area contributed by atoms with Gasteiger partial charge in [-0.05, 0) is 35.9 Å². The highest BCUT2D eigenvalue weighted by Gasteiger charge is 2.31. The van der Waals surface area contributed by atoms with Crippen molar-refractivity contribution in [2.45, 2.75) is 11.4 Å². The molecule has 0 aliphatic carbocycles. The molecule has 2 aromatic carbocycles. The lowest BCUT2D eigenvalue weighted by Gasteiger charge is -2.34. The minimum absolute atomic E-state index is 0.153. The van der Waals surface area contributed by atoms with Crippen molar-refractivity contribution in [2.75, 3.05) is 26.2 Å². The minimum Gasteiger partial charge on any atom is -0.296 e. The quantitative estimate of drug-likeness (QED) is 0.650. The minimum atomic E-state index is -4.05. The number of benzene rings is 2. The third-order valence-electron chi connectivity index (χ3n) is 4.99. The molecule has 0 unspecified atom stereocenters. The molecular weight excluding hydrogens is 403 g/mol. The Labute approximate surface area is 166 Å². The van der Waals surface area contributed by atoms with Gasteiger partial charge in [-0.25, -0.2) is 21.6 Å². The van der Waals surface area contributed by atoms with Gasteiger partial charge in [0.25, 0.3) is 0 Å². The topological polar surface area (TPSA) is 53.5 Å². The number of hydrogen-bond donors (Lipinski definition) is 0. The normalized spacial score (nSPS) is 16.4. The Kier molecular flexibility index (Phi) is 5.28. The number of sulfonamides is 1. The van der Waals surface area contributed by atoms with Gasteiger partial charge in [-0.2, -0.15) is 4.31 Å². The molecule has 0 bridgehead atoms. The van der Waals surface area contributed by atoms with Crippen LogP contribution in [0.1, 0.15) is 5.56 Å². The molecule has 1 aromatic heterocycles. The van der Waals surface area contributed by atoms with Gasteiger partial charge in [0, 0.05) is 50.4 Å². The summed E-state index contributed by atoms with van der Waals surface area (Å²) >= 11 is 0. The third-order valence-corrected chi connectivity index (χ3v) is 6.92. The van der Waals surface area contributed by atoms with Crippen LogP contribution in [-0.2, 0) is 16.6 Å². The summed E-state index contributed by atoms with van der Waals surface area (Å²) in [5.74, 6) is -2.29. The molecule has 2 heterocycles. The number of halogens is 3. The molecule has 1 saturated heterocycles. The van der Waals surface area contributed by atoms with Gasteiger partial charge in [0.1, 0.15) is 22.3 Å². The molecule has 0 N–H and O–H groups in total. The van der Waals surface area contributed by atoms with E-state index in [1.165, 1.54) is 16.4 Å². The number of fused-ring (bicyclic) bond motifs is 1. The second-order valence-corrected chi connectivity index (χ2v) is 8.80. The van der Waals surface area contributed by atoms with Gasteiger partial charge >= 0.3 is 0 Å². The maximum atomic E-state index is 14.0.